The molecule has 0 fully saturated rings. The van der Waals surface area contributed by atoms with Gasteiger partial charge in [0.25, 0.3) is 5.69 Å². The zero-order chi connectivity index (χ0) is 16.2. The predicted octanol–water partition coefficient (Wildman–Crippen LogP) is 3.98. The van der Waals surface area contributed by atoms with E-state index < -0.39 is 4.92 Å². The van der Waals surface area contributed by atoms with Crippen LogP contribution in [0.4, 0.5) is 11.5 Å². The number of benzene rings is 2. The lowest BCUT2D eigenvalue weighted by molar-refractivity contribution is -0.384. The second-order valence-corrected chi connectivity index (χ2v) is 5.00. The quantitative estimate of drug-likeness (QED) is 0.449. The van der Waals surface area contributed by atoms with E-state index >= 15 is 0 Å². The first-order valence-corrected chi connectivity index (χ1v) is 7.04. The summed E-state index contributed by atoms with van der Waals surface area (Å²) in [6.07, 6.45) is 0. The molecule has 114 valence electrons. The average molecular weight is 306 g/mol. The third-order valence-corrected chi connectivity index (χ3v) is 3.43. The van der Waals surface area contributed by atoms with E-state index in [2.05, 4.69) is 15.5 Å². The third-order valence-electron chi connectivity index (χ3n) is 3.43. The first-order valence-electron chi connectivity index (χ1n) is 7.04. The van der Waals surface area contributed by atoms with Gasteiger partial charge in [-0.1, -0.05) is 18.2 Å². The molecule has 0 aliphatic rings. The van der Waals surface area contributed by atoms with E-state index in [1.54, 1.807) is 12.1 Å². The molecule has 0 atom stereocenters. The number of anilines is 1. The SMILES string of the molecule is C/C(=N\Nc1ccc2ccccc2n1)c1ccc([N+](=O)[O-])cc1. The van der Waals surface area contributed by atoms with E-state index in [1.165, 1.54) is 12.1 Å². The van der Waals surface area contributed by atoms with Gasteiger partial charge >= 0.3 is 0 Å². The Balaban J connectivity index is 1.78. The molecule has 2 aromatic carbocycles. The van der Waals surface area contributed by atoms with Crippen LogP contribution in [0.25, 0.3) is 10.9 Å². The van der Waals surface area contributed by atoms with Gasteiger partial charge in [0, 0.05) is 17.5 Å². The maximum Gasteiger partial charge on any atom is 0.269 e. The molecule has 0 aliphatic heterocycles. The van der Waals surface area contributed by atoms with Gasteiger partial charge in [-0.3, -0.25) is 15.5 Å². The van der Waals surface area contributed by atoms with Crippen LogP contribution in [0, 0.1) is 10.1 Å². The highest BCUT2D eigenvalue weighted by Crippen LogP contribution is 2.15. The molecule has 6 heteroatoms. The fourth-order valence-electron chi connectivity index (χ4n) is 2.16. The van der Waals surface area contributed by atoms with Crippen LogP contribution in [0.5, 0.6) is 0 Å². The minimum Gasteiger partial charge on any atom is -0.261 e. The smallest absolute Gasteiger partial charge is 0.261 e. The fraction of sp³-hybridized carbons (Fsp3) is 0.0588. The van der Waals surface area contributed by atoms with Crippen molar-refractivity contribution in [1.29, 1.82) is 0 Å². The number of para-hydroxylation sites is 1. The number of hydrazone groups is 1. The Morgan fingerprint density at radius 3 is 2.57 bits per heavy atom. The molecular formula is C17H14N4O2. The molecule has 0 aliphatic carbocycles. The van der Waals surface area contributed by atoms with Crippen molar-refractivity contribution in [2.45, 2.75) is 6.92 Å². The molecule has 3 aromatic rings. The molecule has 0 radical (unpaired) electrons. The number of hydrogen-bond acceptors (Lipinski definition) is 5. The molecule has 3 rings (SSSR count). The van der Waals surface area contributed by atoms with Crippen molar-refractivity contribution >= 4 is 28.1 Å². The van der Waals surface area contributed by atoms with Crippen molar-refractivity contribution in [2.24, 2.45) is 5.10 Å². The monoisotopic (exact) mass is 306 g/mol. The Kier molecular flexibility index (Phi) is 3.97. The summed E-state index contributed by atoms with van der Waals surface area (Å²) in [4.78, 5) is 14.7. The number of nitrogens with one attached hydrogen (secondary N) is 1. The largest absolute Gasteiger partial charge is 0.269 e. The summed E-state index contributed by atoms with van der Waals surface area (Å²) in [6.45, 7) is 1.83. The molecule has 0 amide bonds. The van der Waals surface area contributed by atoms with Crippen LogP contribution in [-0.4, -0.2) is 15.6 Å². The van der Waals surface area contributed by atoms with Gasteiger partial charge in [-0.05, 0) is 42.8 Å². The number of fused-ring (bicyclic) bond motifs is 1. The minimum atomic E-state index is -0.423. The number of nitro groups is 1. The van der Waals surface area contributed by atoms with E-state index in [1.807, 2.05) is 43.3 Å². The normalized spacial score (nSPS) is 11.4. The second kappa shape index (κ2) is 6.23. The van der Waals surface area contributed by atoms with Crippen molar-refractivity contribution in [3.05, 3.63) is 76.3 Å². The topological polar surface area (TPSA) is 80.4 Å². The van der Waals surface area contributed by atoms with Gasteiger partial charge in [0.2, 0.25) is 0 Å². The summed E-state index contributed by atoms with van der Waals surface area (Å²) in [5, 5.41) is 16.0. The van der Waals surface area contributed by atoms with Crippen molar-refractivity contribution in [1.82, 2.24) is 4.98 Å². The summed E-state index contributed by atoms with van der Waals surface area (Å²) < 4.78 is 0. The number of hydrogen-bond donors (Lipinski definition) is 1. The first-order chi connectivity index (χ1) is 11.1. The van der Waals surface area contributed by atoms with Crippen LogP contribution in [0.2, 0.25) is 0 Å². The van der Waals surface area contributed by atoms with Gasteiger partial charge in [-0.2, -0.15) is 5.10 Å². The summed E-state index contributed by atoms with van der Waals surface area (Å²) in [7, 11) is 0. The summed E-state index contributed by atoms with van der Waals surface area (Å²) in [5.74, 6) is 0.643. The molecule has 0 bridgehead atoms. The molecule has 0 unspecified atom stereocenters. The third kappa shape index (κ3) is 3.32. The van der Waals surface area contributed by atoms with Crippen molar-refractivity contribution in [3.63, 3.8) is 0 Å². The van der Waals surface area contributed by atoms with E-state index in [4.69, 9.17) is 0 Å². The van der Waals surface area contributed by atoms with E-state index in [0.717, 1.165) is 22.2 Å². The summed E-state index contributed by atoms with van der Waals surface area (Å²) in [5.41, 5.74) is 5.39. The molecule has 0 saturated heterocycles. The number of nitro benzene ring substituents is 1. The second-order valence-electron chi connectivity index (χ2n) is 5.00. The van der Waals surface area contributed by atoms with E-state index in [0.29, 0.717) is 5.82 Å². The molecule has 6 nitrogen and oxygen atoms in total. The lowest BCUT2D eigenvalue weighted by atomic mass is 10.1. The number of nitrogens with zero attached hydrogens (tertiary/aromatic N) is 3. The van der Waals surface area contributed by atoms with Gasteiger partial charge in [0.15, 0.2) is 0 Å². The molecular weight excluding hydrogens is 292 g/mol. The Labute approximate surface area is 132 Å². The van der Waals surface area contributed by atoms with Gasteiger partial charge in [-0.25, -0.2) is 4.98 Å². The number of pyridine rings is 1. The van der Waals surface area contributed by atoms with Gasteiger partial charge in [0.05, 0.1) is 16.2 Å². The lowest BCUT2D eigenvalue weighted by Gasteiger charge is -2.04. The van der Waals surface area contributed by atoms with Crippen LogP contribution in [0.1, 0.15) is 12.5 Å². The first kappa shape index (κ1) is 14.6. The number of rotatable bonds is 4. The predicted molar refractivity (Wildman–Crippen MR) is 90.7 cm³/mol. The Hall–Kier alpha value is -3.28. The Bertz CT molecular complexity index is 888. The highest BCUT2D eigenvalue weighted by Gasteiger charge is 2.05. The minimum absolute atomic E-state index is 0.0608. The summed E-state index contributed by atoms with van der Waals surface area (Å²) >= 11 is 0. The van der Waals surface area contributed by atoms with Crippen LogP contribution in [0.3, 0.4) is 0 Å². The standard InChI is InChI=1S/C17H14N4O2/c1-12(13-6-9-15(10-7-13)21(22)23)19-20-17-11-8-14-4-2-3-5-16(14)18-17/h2-11H,1H3,(H,18,20)/b19-12+. The van der Waals surface area contributed by atoms with Crippen LogP contribution < -0.4 is 5.43 Å². The van der Waals surface area contributed by atoms with Crippen LogP contribution >= 0.6 is 0 Å². The van der Waals surface area contributed by atoms with Crippen molar-refractivity contribution in [2.75, 3.05) is 5.43 Å². The molecule has 23 heavy (non-hydrogen) atoms. The average Bonchev–Trinajstić information content (AvgIpc) is 2.59. The zero-order valence-corrected chi connectivity index (χ0v) is 12.4. The molecule has 1 N–H and O–H groups in total. The zero-order valence-electron chi connectivity index (χ0n) is 12.4. The Morgan fingerprint density at radius 2 is 1.83 bits per heavy atom. The molecule has 0 saturated carbocycles. The molecule has 1 heterocycles. The fourth-order valence-corrected chi connectivity index (χ4v) is 2.16. The number of non-ortho nitro benzene ring substituents is 1. The highest BCUT2D eigenvalue weighted by atomic mass is 16.6. The van der Waals surface area contributed by atoms with Gasteiger partial charge in [-0.15, -0.1) is 0 Å². The molecule has 1 aromatic heterocycles. The van der Waals surface area contributed by atoms with Crippen LogP contribution in [-0.2, 0) is 0 Å². The van der Waals surface area contributed by atoms with Gasteiger partial charge in [0.1, 0.15) is 5.82 Å². The maximum atomic E-state index is 10.7. The number of aromatic nitrogens is 1. The van der Waals surface area contributed by atoms with Crippen LogP contribution in [0.15, 0.2) is 65.8 Å². The Morgan fingerprint density at radius 1 is 1.09 bits per heavy atom. The van der Waals surface area contributed by atoms with E-state index in [-0.39, 0.29) is 5.69 Å². The van der Waals surface area contributed by atoms with E-state index in [9.17, 15) is 10.1 Å². The maximum absolute atomic E-state index is 10.7. The lowest BCUT2D eigenvalue weighted by Crippen LogP contribution is -2.01. The highest BCUT2D eigenvalue weighted by molar-refractivity contribution is 5.99. The van der Waals surface area contributed by atoms with Crippen molar-refractivity contribution < 1.29 is 4.92 Å². The van der Waals surface area contributed by atoms with Crippen molar-refractivity contribution in [3.8, 4) is 0 Å². The molecule has 0 spiro atoms. The van der Waals surface area contributed by atoms with Gasteiger partial charge < -0.3 is 0 Å². The summed E-state index contributed by atoms with van der Waals surface area (Å²) in [6, 6.07) is 17.9.